The predicted molar refractivity (Wildman–Crippen MR) is 159 cm³/mol. The molecule has 0 amide bonds. The number of esters is 2. The van der Waals surface area contributed by atoms with Crippen LogP contribution in [0.2, 0.25) is 0 Å². The van der Waals surface area contributed by atoms with Crippen LogP contribution in [0.1, 0.15) is 68.7 Å². The van der Waals surface area contributed by atoms with Crippen LogP contribution in [0, 0.1) is 69.5 Å². The fourth-order valence-electron chi connectivity index (χ4n) is 13.7. The van der Waals surface area contributed by atoms with Crippen molar-refractivity contribution >= 4 is 17.7 Å². The van der Waals surface area contributed by atoms with E-state index in [0.29, 0.717) is 12.2 Å². The van der Waals surface area contributed by atoms with Gasteiger partial charge in [0.2, 0.25) is 0 Å². The number of ether oxygens (including phenoxy) is 4. The minimum absolute atomic E-state index is 0.0192. The third-order valence-corrected chi connectivity index (χ3v) is 15.9. The number of Topliss-reactive ketones (excluding diaryl/α,β-unsaturated/α-hetero) is 1. The van der Waals surface area contributed by atoms with E-state index in [1.54, 1.807) is 6.92 Å². The van der Waals surface area contributed by atoms with Crippen molar-refractivity contribution in [2.75, 3.05) is 0 Å². The SMILES string of the molecule is C=C1O[C@@]23N[C@@H]2[C@@H](C)[C@H]2[C@@H]([C@H](OC(C)=O)[C@H]4C5C(O)C(=O)[C@H]6C[C@@H]7O[C@@H]7[C@H](OC(C)=O)[C@]6(C)C5C(C)[C@H](C)[C@]24C)[C@@]3(C)[C@]1(C)O. The normalized spacial score (nSPS) is 63.0. The lowest BCUT2D eigenvalue weighted by molar-refractivity contribution is -0.235. The van der Waals surface area contributed by atoms with Crippen LogP contribution in [0.15, 0.2) is 12.3 Å². The first kappa shape index (κ1) is 30.3. The number of carbonyl (C=O) groups is 3. The maximum absolute atomic E-state index is 14.4. The Morgan fingerprint density at radius 1 is 0.956 bits per heavy atom. The molecule has 5 aliphatic carbocycles. The average molecular weight is 628 g/mol. The smallest absolute Gasteiger partial charge is 0.303 e. The second-order valence-corrected chi connectivity index (χ2v) is 17.0. The van der Waals surface area contributed by atoms with E-state index in [1.165, 1.54) is 13.8 Å². The van der Waals surface area contributed by atoms with E-state index < -0.39 is 75.6 Å². The fourth-order valence-corrected chi connectivity index (χ4v) is 13.7. The van der Waals surface area contributed by atoms with Crippen molar-refractivity contribution < 1.29 is 43.5 Å². The van der Waals surface area contributed by atoms with Crippen molar-refractivity contribution in [2.24, 2.45) is 69.5 Å². The van der Waals surface area contributed by atoms with Gasteiger partial charge in [-0.25, -0.2) is 0 Å². The van der Waals surface area contributed by atoms with Gasteiger partial charge in [-0.3, -0.25) is 19.7 Å². The molecule has 1 spiro atoms. The maximum atomic E-state index is 14.4. The molecule has 3 aliphatic heterocycles. The molecule has 0 aromatic heterocycles. The zero-order valence-corrected chi connectivity index (χ0v) is 27.8. The molecule has 8 aliphatic rings. The summed E-state index contributed by atoms with van der Waals surface area (Å²) in [5.74, 6) is -2.76. The van der Waals surface area contributed by atoms with E-state index in [2.05, 4.69) is 46.5 Å². The summed E-state index contributed by atoms with van der Waals surface area (Å²) in [5.41, 5.74) is -4.49. The first-order valence-corrected chi connectivity index (χ1v) is 16.9. The summed E-state index contributed by atoms with van der Waals surface area (Å²) in [5, 5.41) is 28.1. The van der Waals surface area contributed by atoms with Crippen LogP contribution in [0.4, 0.5) is 0 Å². The molecule has 10 heteroatoms. The van der Waals surface area contributed by atoms with Gasteiger partial charge in [-0.2, -0.15) is 0 Å². The second kappa shape index (κ2) is 8.52. The van der Waals surface area contributed by atoms with Crippen LogP contribution >= 0.6 is 0 Å². The van der Waals surface area contributed by atoms with Crippen molar-refractivity contribution in [2.45, 2.75) is 117 Å². The van der Waals surface area contributed by atoms with Gasteiger partial charge < -0.3 is 29.2 Å². The first-order valence-electron chi connectivity index (χ1n) is 16.9. The van der Waals surface area contributed by atoms with E-state index in [-0.39, 0.29) is 59.5 Å². The standard InChI is InChI=1S/C35H49NO9/c1-12-14(3)31(7)22-13(2)29-35(36-29)33(9,34(10,41)15(4)45-35)24(22)28(42-16(5)37)23(31)20-21(12)32(8)18(25(39)26(20)40)11-19-27(44-19)30(32)43-17(6)38/h12-14,18-24,26-30,36,40-41H,4,11H2,1-3,5-10H3/t12?,13-,14-,18+,19-,20?,21?,22-,23+,24-,26?,27-,28+,29+,30-,31+,32-,33-,34+,35-/m0/s1. The molecule has 0 aromatic carbocycles. The van der Waals surface area contributed by atoms with E-state index in [1.807, 2.05) is 6.92 Å². The molecule has 4 unspecified atom stereocenters. The summed E-state index contributed by atoms with van der Waals surface area (Å²) in [7, 11) is 0. The number of carbonyl (C=O) groups excluding carboxylic acids is 3. The molecule has 3 saturated heterocycles. The Labute approximate surface area is 264 Å². The molecule has 248 valence electrons. The monoisotopic (exact) mass is 627 g/mol. The maximum Gasteiger partial charge on any atom is 0.303 e. The Hall–Kier alpha value is -2.01. The van der Waals surface area contributed by atoms with Crippen molar-refractivity contribution in [3.05, 3.63) is 12.3 Å². The molecular weight excluding hydrogens is 578 g/mol. The summed E-state index contributed by atoms with van der Waals surface area (Å²) in [6.45, 7) is 21.8. The topological polar surface area (TPSA) is 154 Å². The highest BCUT2D eigenvalue weighted by Crippen LogP contribution is 2.81. The van der Waals surface area contributed by atoms with E-state index in [0.717, 1.165) is 0 Å². The zero-order chi connectivity index (χ0) is 32.7. The van der Waals surface area contributed by atoms with Crippen LogP contribution in [-0.4, -0.2) is 75.8 Å². The quantitative estimate of drug-likeness (QED) is 0.308. The van der Waals surface area contributed by atoms with Gasteiger partial charge in [-0.1, -0.05) is 48.1 Å². The van der Waals surface area contributed by atoms with Crippen LogP contribution in [0.5, 0.6) is 0 Å². The number of ketones is 1. The van der Waals surface area contributed by atoms with Gasteiger partial charge in [-0.15, -0.1) is 0 Å². The highest BCUT2D eigenvalue weighted by molar-refractivity contribution is 5.88. The molecule has 3 heterocycles. The Morgan fingerprint density at radius 2 is 1.60 bits per heavy atom. The highest BCUT2D eigenvalue weighted by Gasteiger charge is 2.90. The molecule has 10 nitrogen and oxygen atoms in total. The molecule has 0 radical (unpaired) electrons. The molecule has 0 bridgehead atoms. The first-order chi connectivity index (χ1) is 20.8. The summed E-state index contributed by atoms with van der Waals surface area (Å²) >= 11 is 0. The summed E-state index contributed by atoms with van der Waals surface area (Å²) < 4.78 is 25.0. The molecule has 45 heavy (non-hydrogen) atoms. The molecule has 0 aromatic rings. The average Bonchev–Trinajstić information content (AvgIpc) is 3.85. The minimum Gasteiger partial charge on any atom is -0.472 e. The number of epoxide rings is 1. The third kappa shape index (κ3) is 3.07. The fraction of sp³-hybridized carbons (Fsp3) is 0.857. The summed E-state index contributed by atoms with van der Waals surface area (Å²) in [6.07, 6.45) is -2.57. The zero-order valence-electron chi connectivity index (χ0n) is 27.8. The second-order valence-electron chi connectivity index (χ2n) is 17.0. The van der Waals surface area contributed by atoms with Crippen LogP contribution in [0.25, 0.3) is 0 Å². The van der Waals surface area contributed by atoms with E-state index in [4.69, 9.17) is 18.9 Å². The van der Waals surface area contributed by atoms with Crippen molar-refractivity contribution in [3.63, 3.8) is 0 Å². The van der Waals surface area contributed by atoms with Crippen LogP contribution < -0.4 is 5.32 Å². The predicted octanol–water partition coefficient (Wildman–Crippen LogP) is 2.59. The van der Waals surface area contributed by atoms with Crippen LogP contribution in [0.3, 0.4) is 0 Å². The Balaban J connectivity index is 1.35. The van der Waals surface area contributed by atoms with Crippen molar-refractivity contribution in [1.82, 2.24) is 5.32 Å². The summed E-state index contributed by atoms with van der Waals surface area (Å²) in [6, 6.07) is -0.0429. The highest BCUT2D eigenvalue weighted by atomic mass is 16.6. The van der Waals surface area contributed by atoms with Crippen LogP contribution in [-0.2, 0) is 33.3 Å². The Morgan fingerprint density at radius 3 is 2.22 bits per heavy atom. The minimum atomic E-state index is -1.44. The van der Waals surface area contributed by atoms with Gasteiger partial charge in [-0.05, 0) is 48.3 Å². The molecular formula is C35H49NO9. The third-order valence-electron chi connectivity index (χ3n) is 15.9. The number of nitrogens with one attached hydrogen (secondary N) is 1. The lowest BCUT2D eigenvalue weighted by atomic mass is 9.38. The molecule has 20 atom stereocenters. The number of hydrogen-bond acceptors (Lipinski definition) is 10. The molecule has 3 N–H and O–H groups in total. The van der Waals surface area contributed by atoms with Gasteiger partial charge in [0.1, 0.15) is 35.8 Å². The largest absolute Gasteiger partial charge is 0.472 e. The van der Waals surface area contributed by atoms with Gasteiger partial charge in [0.15, 0.2) is 11.5 Å². The number of aliphatic hydroxyl groups excluding tert-OH is 1. The number of aliphatic hydroxyl groups is 2. The lowest BCUT2D eigenvalue weighted by Crippen LogP contribution is -2.70. The van der Waals surface area contributed by atoms with Crippen molar-refractivity contribution in [1.29, 1.82) is 0 Å². The molecule has 8 rings (SSSR count). The van der Waals surface area contributed by atoms with Crippen molar-refractivity contribution in [3.8, 4) is 0 Å². The number of rotatable bonds is 2. The summed E-state index contributed by atoms with van der Waals surface area (Å²) in [4.78, 5) is 40.0. The van der Waals surface area contributed by atoms with Gasteiger partial charge >= 0.3 is 11.9 Å². The Bertz CT molecular complexity index is 1430. The van der Waals surface area contributed by atoms with Gasteiger partial charge in [0, 0.05) is 42.9 Å². The van der Waals surface area contributed by atoms with E-state index in [9.17, 15) is 24.6 Å². The van der Waals surface area contributed by atoms with E-state index >= 15 is 0 Å². The molecule has 8 fully saturated rings. The number of fused-ring (bicyclic) bond motifs is 9. The Kier molecular flexibility index (Phi) is 5.74. The molecule has 5 saturated carbocycles. The van der Waals surface area contributed by atoms with Gasteiger partial charge in [0.05, 0.1) is 17.6 Å². The lowest BCUT2D eigenvalue weighted by Gasteiger charge is -2.66. The number of hydrogen-bond donors (Lipinski definition) is 3. The van der Waals surface area contributed by atoms with Gasteiger partial charge in [0.25, 0.3) is 0 Å².